The van der Waals surface area contributed by atoms with Gasteiger partial charge in [-0.3, -0.25) is 0 Å². The third-order valence-electron chi connectivity index (χ3n) is 3.37. The number of benzene rings is 1. The zero-order valence-corrected chi connectivity index (χ0v) is 13.8. The second-order valence-corrected chi connectivity index (χ2v) is 8.50. The van der Waals surface area contributed by atoms with Gasteiger partial charge in [0.25, 0.3) is 0 Å². The van der Waals surface area contributed by atoms with E-state index in [9.17, 15) is 8.42 Å². The van der Waals surface area contributed by atoms with E-state index in [1.54, 1.807) is 0 Å². The molecule has 1 unspecified atom stereocenters. The van der Waals surface area contributed by atoms with E-state index < -0.39 is 15.6 Å². The number of nitrogens with two attached hydrogens (primary N) is 1. The van der Waals surface area contributed by atoms with Crippen LogP contribution in [-0.4, -0.2) is 38.7 Å². The van der Waals surface area contributed by atoms with Gasteiger partial charge in [0, 0.05) is 22.9 Å². The molecule has 1 heterocycles. The summed E-state index contributed by atoms with van der Waals surface area (Å²) in [5, 5.41) is 0. The predicted octanol–water partition coefficient (Wildman–Crippen LogP) is 1.85. The molecule has 118 valence electrons. The highest BCUT2D eigenvalue weighted by Crippen LogP contribution is 2.25. The van der Waals surface area contributed by atoms with Crippen molar-refractivity contribution in [2.45, 2.75) is 30.2 Å². The molecule has 1 aliphatic heterocycles. The number of para-hydroxylation sites is 1. The maximum atomic E-state index is 12.2. The van der Waals surface area contributed by atoms with Crippen molar-refractivity contribution in [3.8, 4) is 0 Å². The fourth-order valence-corrected chi connectivity index (χ4v) is 5.17. The van der Waals surface area contributed by atoms with Crippen LogP contribution in [0.2, 0.25) is 0 Å². The van der Waals surface area contributed by atoms with Gasteiger partial charge in [0.1, 0.15) is 0 Å². The number of hydrogen-bond donors (Lipinski definition) is 2. The standard InChI is InChI=1S/C14H22N2O3S2/c1-14(7-4-8-19-11-14)16-21(17,18)10-9-20-13-6-3-2-5-12(13)15/h2-3,5-6,16H,4,7-11,15H2,1H3. The monoisotopic (exact) mass is 330 g/mol. The Balaban J connectivity index is 1.85. The smallest absolute Gasteiger partial charge is 0.212 e. The molecular weight excluding hydrogens is 308 g/mol. The van der Waals surface area contributed by atoms with Crippen molar-refractivity contribution in [2.75, 3.05) is 30.5 Å². The first-order valence-corrected chi connectivity index (χ1v) is 9.61. The molecule has 3 N–H and O–H groups in total. The normalized spacial score (nSPS) is 23.1. The van der Waals surface area contributed by atoms with Crippen LogP contribution in [0.15, 0.2) is 29.2 Å². The average molecular weight is 330 g/mol. The first-order chi connectivity index (χ1) is 9.90. The largest absolute Gasteiger partial charge is 0.398 e. The number of hydrogen-bond acceptors (Lipinski definition) is 5. The molecule has 7 heteroatoms. The highest BCUT2D eigenvalue weighted by molar-refractivity contribution is 8.00. The Morgan fingerprint density at radius 1 is 1.43 bits per heavy atom. The summed E-state index contributed by atoms with van der Waals surface area (Å²) < 4.78 is 32.5. The summed E-state index contributed by atoms with van der Waals surface area (Å²) >= 11 is 1.46. The number of nitrogens with one attached hydrogen (secondary N) is 1. The Morgan fingerprint density at radius 2 is 2.19 bits per heavy atom. The molecule has 0 spiro atoms. The molecule has 0 radical (unpaired) electrons. The van der Waals surface area contributed by atoms with E-state index in [2.05, 4.69) is 4.72 Å². The zero-order chi connectivity index (χ0) is 15.3. The van der Waals surface area contributed by atoms with Crippen LogP contribution in [0, 0.1) is 0 Å². The number of thioether (sulfide) groups is 1. The third-order valence-corrected chi connectivity index (χ3v) is 6.26. The van der Waals surface area contributed by atoms with Gasteiger partial charge in [-0.2, -0.15) is 0 Å². The quantitative estimate of drug-likeness (QED) is 0.614. The van der Waals surface area contributed by atoms with Gasteiger partial charge in [-0.05, 0) is 31.9 Å². The fourth-order valence-electron chi connectivity index (χ4n) is 2.31. The Morgan fingerprint density at radius 3 is 2.86 bits per heavy atom. The van der Waals surface area contributed by atoms with E-state index in [1.807, 2.05) is 31.2 Å². The van der Waals surface area contributed by atoms with Gasteiger partial charge in [0.2, 0.25) is 10.0 Å². The lowest BCUT2D eigenvalue weighted by atomic mass is 9.97. The van der Waals surface area contributed by atoms with Crippen LogP contribution in [0.3, 0.4) is 0 Å². The molecule has 0 bridgehead atoms. The molecular formula is C14H22N2O3S2. The Bertz CT molecular complexity index is 569. The number of ether oxygens (including phenoxy) is 1. The molecule has 5 nitrogen and oxygen atoms in total. The molecule has 0 saturated carbocycles. The zero-order valence-electron chi connectivity index (χ0n) is 12.2. The average Bonchev–Trinajstić information content (AvgIpc) is 2.40. The fraction of sp³-hybridized carbons (Fsp3) is 0.571. The van der Waals surface area contributed by atoms with E-state index in [4.69, 9.17) is 10.5 Å². The minimum absolute atomic E-state index is 0.0710. The first-order valence-electron chi connectivity index (χ1n) is 6.97. The van der Waals surface area contributed by atoms with E-state index in [1.165, 1.54) is 11.8 Å². The summed E-state index contributed by atoms with van der Waals surface area (Å²) in [6, 6.07) is 7.47. The van der Waals surface area contributed by atoms with Crippen LogP contribution < -0.4 is 10.5 Å². The molecule has 1 fully saturated rings. The molecule has 1 aliphatic rings. The maximum absolute atomic E-state index is 12.2. The van der Waals surface area contributed by atoms with Crippen LogP contribution in [0.4, 0.5) is 5.69 Å². The SMILES string of the molecule is CC1(NS(=O)(=O)CCSc2ccccc2N)CCCOC1. The maximum Gasteiger partial charge on any atom is 0.212 e. The Hall–Kier alpha value is -0.760. The molecule has 1 atom stereocenters. The molecule has 21 heavy (non-hydrogen) atoms. The summed E-state index contributed by atoms with van der Waals surface area (Å²) in [5.41, 5.74) is 6.04. The number of nitrogen functional groups attached to an aromatic ring is 1. The number of rotatable bonds is 6. The lowest BCUT2D eigenvalue weighted by Crippen LogP contribution is -2.52. The molecule has 1 saturated heterocycles. The minimum atomic E-state index is -3.31. The second kappa shape index (κ2) is 7.00. The summed E-state index contributed by atoms with van der Waals surface area (Å²) in [5.74, 6) is 0.544. The lowest BCUT2D eigenvalue weighted by molar-refractivity contribution is 0.0387. The highest BCUT2D eigenvalue weighted by atomic mass is 32.2. The van der Waals surface area contributed by atoms with Crippen LogP contribution in [0.1, 0.15) is 19.8 Å². The Labute approximate surface area is 130 Å². The van der Waals surface area contributed by atoms with Gasteiger partial charge in [-0.25, -0.2) is 13.1 Å². The molecule has 0 aliphatic carbocycles. The minimum Gasteiger partial charge on any atom is -0.398 e. The van der Waals surface area contributed by atoms with Crippen molar-refractivity contribution in [1.82, 2.24) is 4.72 Å². The summed E-state index contributed by atoms with van der Waals surface area (Å²) in [4.78, 5) is 0.917. The van der Waals surface area contributed by atoms with Gasteiger partial charge >= 0.3 is 0 Å². The van der Waals surface area contributed by atoms with E-state index in [-0.39, 0.29) is 5.75 Å². The van der Waals surface area contributed by atoms with Gasteiger partial charge in [0.05, 0.1) is 17.9 Å². The van der Waals surface area contributed by atoms with E-state index in [0.29, 0.717) is 24.7 Å². The summed E-state index contributed by atoms with van der Waals surface area (Å²) in [6.45, 7) is 3.04. The second-order valence-electron chi connectivity index (χ2n) is 5.52. The van der Waals surface area contributed by atoms with Gasteiger partial charge in [-0.15, -0.1) is 11.8 Å². The number of anilines is 1. The van der Waals surface area contributed by atoms with Gasteiger partial charge < -0.3 is 10.5 Å². The molecule has 0 aromatic heterocycles. The first kappa shape index (κ1) is 16.6. The van der Waals surface area contributed by atoms with Gasteiger partial charge in [0.15, 0.2) is 0 Å². The van der Waals surface area contributed by atoms with Crippen LogP contribution in [-0.2, 0) is 14.8 Å². The summed E-state index contributed by atoms with van der Waals surface area (Å²) in [6.07, 6.45) is 1.69. The van der Waals surface area contributed by atoms with Crippen molar-refractivity contribution in [3.63, 3.8) is 0 Å². The van der Waals surface area contributed by atoms with Crippen molar-refractivity contribution in [2.24, 2.45) is 0 Å². The topological polar surface area (TPSA) is 81.4 Å². The predicted molar refractivity (Wildman–Crippen MR) is 87.0 cm³/mol. The van der Waals surface area contributed by atoms with Crippen LogP contribution in [0.25, 0.3) is 0 Å². The molecule has 1 aromatic carbocycles. The third kappa shape index (κ3) is 5.18. The van der Waals surface area contributed by atoms with Gasteiger partial charge in [-0.1, -0.05) is 12.1 Å². The van der Waals surface area contributed by atoms with Crippen LogP contribution >= 0.6 is 11.8 Å². The van der Waals surface area contributed by atoms with Crippen molar-refractivity contribution in [1.29, 1.82) is 0 Å². The van der Waals surface area contributed by atoms with Crippen LogP contribution in [0.5, 0.6) is 0 Å². The Kier molecular flexibility index (Phi) is 5.54. The van der Waals surface area contributed by atoms with Crippen molar-refractivity contribution >= 4 is 27.5 Å². The molecule has 0 amide bonds. The lowest BCUT2D eigenvalue weighted by Gasteiger charge is -2.33. The summed E-state index contributed by atoms with van der Waals surface area (Å²) in [7, 11) is -3.31. The van der Waals surface area contributed by atoms with E-state index >= 15 is 0 Å². The van der Waals surface area contributed by atoms with E-state index in [0.717, 1.165) is 17.7 Å². The van der Waals surface area contributed by atoms with Crippen molar-refractivity contribution in [3.05, 3.63) is 24.3 Å². The number of sulfonamides is 1. The molecule has 1 aromatic rings. The molecule has 2 rings (SSSR count). The highest BCUT2D eigenvalue weighted by Gasteiger charge is 2.31. The van der Waals surface area contributed by atoms with Crippen molar-refractivity contribution < 1.29 is 13.2 Å².